The number of aryl methyl sites for hydroxylation is 1. The molecule has 0 radical (unpaired) electrons. The van der Waals surface area contributed by atoms with Crippen LogP contribution in [0.25, 0.3) is 0 Å². The third kappa shape index (κ3) is 4.81. The van der Waals surface area contributed by atoms with Crippen molar-refractivity contribution in [1.82, 2.24) is 9.88 Å². The predicted octanol–water partition coefficient (Wildman–Crippen LogP) is 4.53. The van der Waals surface area contributed by atoms with Crippen LogP contribution in [0.3, 0.4) is 0 Å². The molecule has 0 fully saturated rings. The highest BCUT2D eigenvalue weighted by molar-refractivity contribution is 5.62. The molecule has 0 spiro atoms. The van der Waals surface area contributed by atoms with E-state index in [1.165, 1.54) is 5.56 Å². The van der Waals surface area contributed by atoms with Crippen molar-refractivity contribution in [3.63, 3.8) is 0 Å². The number of hydrogen-bond acceptors (Lipinski definition) is 3. The summed E-state index contributed by atoms with van der Waals surface area (Å²) in [5.41, 5.74) is 2.90. The minimum atomic E-state index is 0.0173. The third-order valence-electron chi connectivity index (χ3n) is 3.73. The summed E-state index contributed by atoms with van der Waals surface area (Å²) in [6.45, 7) is 7.08. The Morgan fingerprint density at radius 3 is 2.52 bits per heavy atom. The van der Waals surface area contributed by atoms with Crippen LogP contribution in [0.5, 0.6) is 5.88 Å². The lowest BCUT2D eigenvalue weighted by molar-refractivity contribution is 0.192. The van der Waals surface area contributed by atoms with Gasteiger partial charge in [-0.1, -0.05) is 37.3 Å². The molecule has 1 aromatic carbocycles. The van der Waals surface area contributed by atoms with Gasteiger partial charge < -0.3 is 9.64 Å². The molecule has 1 atom stereocenters. The van der Waals surface area contributed by atoms with E-state index in [1.807, 2.05) is 55.5 Å². The highest BCUT2D eigenvalue weighted by atomic mass is 16.5. The largest absolute Gasteiger partial charge is 0.469 e. The Bertz CT molecular complexity index is 640. The van der Waals surface area contributed by atoms with E-state index in [0.29, 0.717) is 5.88 Å². The Balaban J connectivity index is 2.12. The molecular formula is C19H25N3O. The van der Waals surface area contributed by atoms with Crippen LogP contribution in [-0.4, -0.2) is 29.8 Å². The lowest BCUT2D eigenvalue weighted by Crippen LogP contribution is -2.14. The lowest BCUT2D eigenvalue weighted by atomic mass is 10.1. The van der Waals surface area contributed by atoms with Gasteiger partial charge >= 0.3 is 0 Å². The Kier molecular flexibility index (Phi) is 6.15. The molecule has 4 nitrogen and oxygen atoms in total. The molecule has 2 rings (SSSR count). The summed E-state index contributed by atoms with van der Waals surface area (Å²) in [5.74, 6) is 0.640. The summed E-state index contributed by atoms with van der Waals surface area (Å²) < 4.78 is 6.06. The van der Waals surface area contributed by atoms with Gasteiger partial charge in [0.15, 0.2) is 0 Å². The molecule has 0 aliphatic heterocycles. The van der Waals surface area contributed by atoms with Gasteiger partial charge in [0.05, 0.1) is 17.7 Å². The molecule has 0 amide bonds. The second-order valence-electron chi connectivity index (χ2n) is 5.50. The van der Waals surface area contributed by atoms with Crippen molar-refractivity contribution in [2.45, 2.75) is 33.3 Å². The zero-order valence-electron chi connectivity index (χ0n) is 14.4. The quantitative estimate of drug-likeness (QED) is 0.557. The number of pyridine rings is 1. The van der Waals surface area contributed by atoms with Crippen LogP contribution in [0, 0.1) is 6.92 Å². The van der Waals surface area contributed by atoms with Crippen LogP contribution in [-0.2, 0) is 0 Å². The number of aromatic nitrogens is 1. The standard InChI is InChI=1S/C19H25N3O/c1-5-18(16-10-8-7-9-11-16)23-19-13-12-17(15(3)21-19)20-14-22(4)6-2/h7-14,18H,5-6H2,1-4H3. The molecule has 2 aromatic rings. The van der Waals surface area contributed by atoms with Gasteiger partial charge in [0, 0.05) is 19.7 Å². The van der Waals surface area contributed by atoms with E-state index in [4.69, 9.17) is 4.74 Å². The Morgan fingerprint density at radius 2 is 1.91 bits per heavy atom. The van der Waals surface area contributed by atoms with E-state index in [0.717, 1.165) is 24.3 Å². The highest BCUT2D eigenvalue weighted by Gasteiger charge is 2.12. The average molecular weight is 311 g/mol. The molecule has 0 saturated carbocycles. The average Bonchev–Trinajstić information content (AvgIpc) is 2.59. The Labute approximate surface area is 138 Å². The number of hydrogen-bond donors (Lipinski definition) is 0. The Hall–Kier alpha value is -2.36. The van der Waals surface area contributed by atoms with Gasteiger partial charge in [-0.2, -0.15) is 0 Å². The van der Waals surface area contributed by atoms with Crippen LogP contribution in [0.1, 0.15) is 37.6 Å². The fourth-order valence-corrected chi connectivity index (χ4v) is 2.18. The topological polar surface area (TPSA) is 37.7 Å². The molecule has 23 heavy (non-hydrogen) atoms. The van der Waals surface area contributed by atoms with E-state index in [9.17, 15) is 0 Å². The molecule has 0 N–H and O–H groups in total. The zero-order chi connectivity index (χ0) is 16.7. The molecule has 1 unspecified atom stereocenters. The summed E-state index contributed by atoms with van der Waals surface area (Å²) >= 11 is 0. The van der Waals surface area contributed by atoms with Crippen molar-refractivity contribution in [3.8, 4) is 5.88 Å². The smallest absolute Gasteiger partial charge is 0.214 e. The maximum Gasteiger partial charge on any atom is 0.214 e. The van der Waals surface area contributed by atoms with E-state index >= 15 is 0 Å². The van der Waals surface area contributed by atoms with Crippen LogP contribution >= 0.6 is 0 Å². The number of benzene rings is 1. The summed E-state index contributed by atoms with van der Waals surface area (Å²) in [5, 5.41) is 0. The monoisotopic (exact) mass is 311 g/mol. The maximum absolute atomic E-state index is 6.06. The van der Waals surface area contributed by atoms with Crippen LogP contribution in [0.15, 0.2) is 47.5 Å². The van der Waals surface area contributed by atoms with Gasteiger partial charge in [0.25, 0.3) is 0 Å². The predicted molar refractivity (Wildman–Crippen MR) is 95.5 cm³/mol. The van der Waals surface area contributed by atoms with Crippen molar-refractivity contribution >= 4 is 12.0 Å². The molecule has 0 bridgehead atoms. The third-order valence-corrected chi connectivity index (χ3v) is 3.73. The fraction of sp³-hybridized carbons (Fsp3) is 0.368. The molecule has 1 heterocycles. The molecule has 122 valence electrons. The Morgan fingerprint density at radius 1 is 1.17 bits per heavy atom. The van der Waals surface area contributed by atoms with Crippen molar-refractivity contribution in [1.29, 1.82) is 0 Å². The van der Waals surface area contributed by atoms with Crippen molar-refractivity contribution in [2.75, 3.05) is 13.6 Å². The lowest BCUT2D eigenvalue weighted by Gasteiger charge is -2.17. The molecule has 1 aromatic heterocycles. The molecular weight excluding hydrogens is 286 g/mol. The summed E-state index contributed by atoms with van der Waals surface area (Å²) in [7, 11) is 2.00. The summed E-state index contributed by atoms with van der Waals surface area (Å²) in [6.07, 6.45) is 2.73. The van der Waals surface area contributed by atoms with Crippen molar-refractivity contribution < 1.29 is 4.74 Å². The molecule has 0 saturated heterocycles. The second-order valence-corrected chi connectivity index (χ2v) is 5.50. The van der Waals surface area contributed by atoms with Crippen LogP contribution in [0.4, 0.5) is 5.69 Å². The van der Waals surface area contributed by atoms with Gasteiger partial charge in [0.2, 0.25) is 5.88 Å². The first-order valence-corrected chi connectivity index (χ1v) is 8.07. The van der Waals surface area contributed by atoms with E-state index in [-0.39, 0.29) is 6.10 Å². The number of ether oxygens (including phenoxy) is 1. The van der Waals surface area contributed by atoms with E-state index < -0.39 is 0 Å². The number of aliphatic imine (C=N–C) groups is 1. The summed E-state index contributed by atoms with van der Waals surface area (Å²) in [4.78, 5) is 11.0. The SMILES string of the molecule is CCC(Oc1ccc(N=CN(C)CC)c(C)n1)c1ccccc1. The molecule has 0 aliphatic rings. The zero-order valence-corrected chi connectivity index (χ0v) is 14.4. The number of nitrogens with zero attached hydrogens (tertiary/aromatic N) is 3. The normalized spacial score (nSPS) is 12.3. The van der Waals surface area contributed by atoms with Gasteiger partial charge in [-0.3, -0.25) is 0 Å². The first-order chi connectivity index (χ1) is 11.1. The van der Waals surface area contributed by atoms with Gasteiger partial charge in [-0.05, 0) is 31.9 Å². The van der Waals surface area contributed by atoms with Gasteiger partial charge in [-0.25, -0.2) is 9.98 Å². The van der Waals surface area contributed by atoms with Gasteiger partial charge in [0.1, 0.15) is 6.10 Å². The minimum absolute atomic E-state index is 0.0173. The first kappa shape index (κ1) is 17.0. The highest BCUT2D eigenvalue weighted by Crippen LogP contribution is 2.26. The van der Waals surface area contributed by atoms with Crippen LogP contribution in [0.2, 0.25) is 0 Å². The van der Waals surface area contributed by atoms with Gasteiger partial charge in [-0.15, -0.1) is 0 Å². The minimum Gasteiger partial charge on any atom is -0.469 e. The fourth-order valence-electron chi connectivity index (χ4n) is 2.18. The maximum atomic E-state index is 6.06. The van der Waals surface area contributed by atoms with E-state index in [2.05, 4.69) is 36.0 Å². The van der Waals surface area contributed by atoms with Crippen molar-refractivity contribution in [3.05, 3.63) is 53.7 Å². The second kappa shape index (κ2) is 8.32. The molecule has 4 heteroatoms. The number of rotatable bonds is 7. The summed E-state index contributed by atoms with van der Waals surface area (Å²) in [6, 6.07) is 14.1. The van der Waals surface area contributed by atoms with E-state index in [1.54, 1.807) is 0 Å². The van der Waals surface area contributed by atoms with Crippen molar-refractivity contribution in [2.24, 2.45) is 4.99 Å². The van der Waals surface area contributed by atoms with Crippen LogP contribution < -0.4 is 4.74 Å². The first-order valence-electron chi connectivity index (χ1n) is 8.07. The molecule has 0 aliphatic carbocycles.